The summed E-state index contributed by atoms with van der Waals surface area (Å²) in [6.07, 6.45) is 1.86. The van der Waals surface area contributed by atoms with Crippen molar-refractivity contribution in [3.8, 4) is 17.2 Å². The van der Waals surface area contributed by atoms with E-state index in [1.807, 2.05) is 30.3 Å². The molecule has 1 aromatic heterocycles. The summed E-state index contributed by atoms with van der Waals surface area (Å²) in [4.78, 5) is 13.8. The molecule has 3 heterocycles. The summed E-state index contributed by atoms with van der Waals surface area (Å²) in [5.74, 6) is 1.57. The molecule has 0 bridgehead atoms. The van der Waals surface area contributed by atoms with Gasteiger partial charge in [0.2, 0.25) is 27.7 Å². The van der Waals surface area contributed by atoms with E-state index in [0.717, 1.165) is 16.9 Å². The molecule has 0 aliphatic carbocycles. The third-order valence-electron chi connectivity index (χ3n) is 6.61. The molecule has 2 aromatic carbocycles. The lowest BCUT2D eigenvalue weighted by Gasteiger charge is -2.30. The Morgan fingerprint density at radius 1 is 1.11 bits per heavy atom. The fourth-order valence-corrected chi connectivity index (χ4v) is 7.18. The predicted molar refractivity (Wildman–Crippen MR) is 133 cm³/mol. The van der Waals surface area contributed by atoms with Gasteiger partial charge in [0, 0.05) is 48.2 Å². The van der Waals surface area contributed by atoms with Gasteiger partial charge >= 0.3 is 0 Å². The monoisotopic (exact) mass is 560 g/mol. The first-order valence-corrected chi connectivity index (χ1v) is 13.6. The molecular weight excluding hydrogens is 536 g/mol. The number of sulfonamides is 1. The molecule has 1 fully saturated rings. The van der Waals surface area contributed by atoms with Crippen molar-refractivity contribution in [3.05, 3.63) is 52.3 Å². The minimum Gasteiger partial charge on any atom is -0.497 e. The summed E-state index contributed by atoms with van der Waals surface area (Å²) >= 11 is 3.44. The highest BCUT2D eigenvalue weighted by Gasteiger charge is 2.35. The zero-order valence-corrected chi connectivity index (χ0v) is 21.8. The number of fused-ring (bicyclic) bond motifs is 1. The lowest BCUT2D eigenvalue weighted by Crippen LogP contribution is -2.38. The largest absolute Gasteiger partial charge is 0.497 e. The molecule has 0 N–H and O–H groups in total. The van der Waals surface area contributed by atoms with Crippen LogP contribution in [-0.2, 0) is 21.2 Å². The second-order valence-corrected chi connectivity index (χ2v) is 11.4. The van der Waals surface area contributed by atoms with Crippen LogP contribution in [0.5, 0.6) is 5.75 Å². The molecule has 2 aliphatic rings. The van der Waals surface area contributed by atoms with Crippen molar-refractivity contribution in [1.29, 1.82) is 0 Å². The summed E-state index contributed by atoms with van der Waals surface area (Å²) in [5.41, 5.74) is 2.44. The van der Waals surface area contributed by atoms with E-state index in [-0.39, 0.29) is 16.7 Å². The van der Waals surface area contributed by atoms with E-state index in [2.05, 4.69) is 26.1 Å². The van der Waals surface area contributed by atoms with Gasteiger partial charge in [-0.25, -0.2) is 8.42 Å². The third-order valence-corrected chi connectivity index (χ3v) is 9.46. The Morgan fingerprint density at radius 3 is 2.49 bits per heavy atom. The molecule has 0 atom stereocenters. The first-order valence-electron chi connectivity index (χ1n) is 11.4. The van der Waals surface area contributed by atoms with Gasteiger partial charge in [0.25, 0.3) is 0 Å². The van der Waals surface area contributed by atoms with E-state index in [4.69, 9.17) is 9.15 Å². The van der Waals surface area contributed by atoms with Crippen LogP contribution in [0, 0.1) is 0 Å². The van der Waals surface area contributed by atoms with Crippen molar-refractivity contribution in [2.24, 2.45) is 0 Å². The van der Waals surface area contributed by atoms with Gasteiger partial charge in [0.05, 0.1) is 12.0 Å². The second kappa shape index (κ2) is 9.36. The van der Waals surface area contributed by atoms with Crippen molar-refractivity contribution in [2.75, 3.05) is 31.6 Å². The highest BCUT2D eigenvalue weighted by Crippen LogP contribution is 2.38. The maximum absolute atomic E-state index is 13.5. The number of hydrogen-bond donors (Lipinski definition) is 0. The van der Waals surface area contributed by atoms with Crippen LogP contribution < -0.4 is 9.64 Å². The number of rotatable bonds is 5. The molecular formula is C24H25BrN4O5S. The number of methoxy groups -OCH3 is 1. The SMILES string of the molecule is COc1ccc(-c2nnc(C3CCN(S(=O)(=O)c4cc5c(cc4Br)CCN5C(C)=O)CC3)o2)cc1. The van der Waals surface area contributed by atoms with Gasteiger partial charge in [-0.2, -0.15) is 4.31 Å². The number of benzene rings is 2. The van der Waals surface area contributed by atoms with Gasteiger partial charge in [0.15, 0.2) is 0 Å². The topological polar surface area (TPSA) is 106 Å². The number of carbonyl (C=O) groups excluding carboxylic acids is 1. The van der Waals surface area contributed by atoms with Crippen molar-refractivity contribution >= 4 is 37.5 Å². The Kier molecular flexibility index (Phi) is 6.41. The average Bonchev–Trinajstić information content (AvgIpc) is 3.51. The van der Waals surface area contributed by atoms with Gasteiger partial charge in [-0.3, -0.25) is 4.79 Å². The number of aromatic nitrogens is 2. The maximum Gasteiger partial charge on any atom is 0.247 e. The lowest BCUT2D eigenvalue weighted by molar-refractivity contribution is -0.116. The van der Waals surface area contributed by atoms with Crippen LogP contribution in [0.4, 0.5) is 5.69 Å². The van der Waals surface area contributed by atoms with Crippen molar-refractivity contribution < 1.29 is 22.4 Å². The summed E-state index contributed by atoms with van der Waals surface area (Å²) in [5, 5.41) is 8.39. The summed E-state index contributed by atoms with van der Waals surface area (Å²) in [6.45, 7) is 2.74. The van der Waals surface area contributed by atoms with E-state index in [0.29, 0.717) is 60.8 Å². The van der Waals surface area contributed by atoms with Gasteiger partial charge in [0.1, 0.15) is 5.75 Å². The van der Waals surface area contributed by atoms with Crippen molar-refractivity contribution in [1.82, 2.24) is 14.5 Å². The van der Waals surface area contributed by atoms with E-state index >= 15 is 0 Å². The number of hydrogen-bond acceptors (Lipinski definition) is 7. The quantitative estimate of drug-likeness (QED) is 0.464. The molecule has 5 rings (SSSR count). The van der Waals surface area contributed by atoms with Gasteiger partial charge in [-0.05, 0) is 77.2 Å². The number of piperidine rings is 1. The molecule has 3 aromatic rings. The Hall–Kier alpha value is -2.76. The van der Waals surface area contributed by atoms with E-state index in [1.54, 1.807) is 18.1 Å². The second-order valence-electron chi connectivity index (χ2n) is 8.68. The van der Waals surface area contributed by atoms with Crippen molar-refractivity contribution in [2.45, 2.75) is 37.0 Å². The molecule has 35 heavy (non-hydrogen) atoms. The number of amides is 1. The van der Waals surface area contributed by atoms with Crippen LogP contribution in [0.15, 0.2) is 50.2 Å². The van der Waals surface area contributed by atoms with Gasteiger partial charge < -0.3 is 14.1 Å². The summed E-state index contributed by atoms with van der Waals surface area (Å²) in [6, 6.07) is 10.8. The number of halogens is 1. The number of nitrogens with zero attached hydrogens (tertiary/aromatic N) is 4. The molecule has 11 heteroatoms. The summed E-state index contributed by atoms with van der Waals surface area (Å²) < 4.78 is 40.1. The molecule has 1 amide bonds. The zero-order valence-electron chi connectivity index (χ0n) is 19.4. The molecule has 0 radical (unpaired) electrons. The summed E-state index contributed by atoms with van der Waals surface area (Å²) in [7, 11) is -2.14. The van der Waals surface area contributed by atoms with Crippen molar-refractivity contribution in [3.63, 3.8) is 0 Å². The van der Waals surface area contributed by atoms with E-state index in [1.165, 1.54) is 11.2 Å². The van der Waals surface area contributed by atoms with Crippen LogP contribution >= 0.6 is 15.9 Å². The number of ether oxygens (including phenoxy) is 1. The Balaban J connectivity index is 1.30. The molecule has 2 aliphatic heterocycles. The fourth-order valence-electron chi connectivity index (χ4n) is 4.64. The average molecular weight is 561 g/mol. The Labute approximate surface area is 212 Å². The van der Waals surface area contributed by atoms with Gasteiger partial charge in [-0.15, -0.1) is 10.2 Å². The van der Waals surface area contributed by atoms with Crippen LogP contribution in [0.3, 0.4) is 0 Å². The van der Waals surface area contributed by atoms with Gasteiger partial charge in [-0.1, -0.05) is 0 Å². The molecule has 0 spiro atoms. The number of carbonyl (C=O) groups is 1. The Bertz CT molecular complexity index is 1370. The van der Waals surface area contributed by atoms with Crippen LogP contribution in [-0.4, -0.2) is 55.6 Å². The fraction of sp³-hybridized carbons (Fsp3) is 0.375. The van der Waals surface area contributed by atoms with E-state index < -0.39 is 10.0 Å². The highest BCUT2D eigenvalue weighted by molar-refractivity contribution is 9.10. The molecule has 0 unspecified atom stereocenters. The lowest BCUT2D eigenvalue weighted by atomic mass is 9.98. The van der Waals surface area contributed by atoms with Crippen LogP contribution in [0.1, 0.15) is 37.1 Å². The minimum atomic E-state index is -3.74. The zero-order chi connectivity index (χ0) is 24.7. The third kappa shape index (κ3) is 4.48. The number of anilines is 1. The normalized spacial score (nSPS) is 16.9. The Morgan fingerprint density at radius 2 is 1.83 bits per heavy atom. The molecule has 9 nitrogen and oxygen atoms in total. The molecule has 184 valence electrons. The standard InChI is InChI=1S/C24H25BrN4O5S/c1-15(30)29-12-9-18-13-20(25)22(14-21(18)29)35(31,32)28-10-7-17(8-11-28)24-27-26-23(34-24)16-3-5-19(33-2)6-4-16/h3-6,13-14,17H,7-12H2,1-2H3. The van der Waals surface area contributed by atoms with Crippen LogP contribution in [0.2, 0.25) is 0 Å². The first kappa shape index (κ1) is 24.0. The maximum atomic E-state index is 13.5. The van der Waals surface area contributed by atoms with Crippen LogP contribution in [0.25, 0.3) is 11.5 Å². The smallest absolute Gasteiger partial charge is 0.247 e. The first-order chi connectivity index (χ1) is 16.8. The molecule has 1 saturated heterocycles. The minimum absolute atomic E-state index is 0.0161. The highest BCUT2D eigenvalue weighted by atomic mass is 79.9. The molecule has 0 saturated carbocycles. The predicted octanol–water partition coefficient (Wildman–Crippen LogP) is 3.99. The van der Waals surface area contributed by atoms with E-state index in [9.17, 15) is 13.2 Å².